The van der Waals surface area contributed by atoms with Crippen LogP contribution in [0.5, 0.6) is 0 Å². The number of nitrogens with one attached hydrogen (secondary N) is 4. The van der Waals surface area contributed by atoms with Crippen LogP contribution in [0, 0.1) is 25.7 Å². The fraction of sp³-hybridized carbons (Fsp3) is 0.750. The quantitative estimate of drug-likeness (QED) is 0.459. The second-order valence-electron chi connectivity index (χ2n) is 12.1. The van der Waals surface area contributed by atoms with Crippen LogP contribution in [-0.2, 0) is 19.6 Å². The molecule has 3 heterocycles. The highest BCUT2D eigenvalue weighted by atomic mass is 32.2. The lowest BCUT2D eigenvalue weighted by Crippen LogP contribution is -2.65. The zero-order chi connectivity index (χ0) is 27.0. The van der Waals surface area contributed by atoms with E-state index in [2.05, 4.69) is 66.6 Å². The zero-order valence-corrected chi connectivity index (χ0v) is 24.0. The maximum atomic E-state index is 13.7. The lowest BCUT2D eigenvalue weighted by molar-refractivity contribution is -0.140. The van der Waals surface area contributed by atoms with Crippen LogP contribution in [0.25, 0.3) is 0 Å². The van der Waals surface area contributed by atoms with Crippen LogP contribution in [0.2, 0.25) is 0 Å². The van der Waals surface area contributed by atoms with Crippen LogP contribution in [0.1, 0.15) is 75.1 Å². The summed E-state index contributed by atoms with van der Waals surface area (Å²) in [5.74, 6) is 0.285. The summed E-state index contributed by atoms with van der Waals surface area (Å²) in [7, 11) is -3.66. The SMILES string of the molecule is Cc1cccc(C)c1C1CC2NC(N1)NS(=O)(=O)C1CCCC(C1)C(=O)N1CCN[C@@H](CC(C)C)[C@H](C1)O2. The third kappa shape index (κ3) is 6.10. The topological polar surface area (TPSA) is 112 Å². The molecule has 4 N–H and O–H groups in total. The molecule has 1 aliphatic carbocycles. The summed E-state index contributed by atoms with van der Waals surface area (Å²) in [6.45, 7) is 10.5. The minimum absolute atomic E-state index is 0.0761. The molecule has 1 aromatic carbocycles. The Morgan fingerprint density at radius 1 is 1.11 bits per heavy atom. The number of hydrogen-bond acceptors (Lipinski definition) is 7. The minimum Gasteiger partial charge on any atom is -0.357 e. The Bertz CT molecular complexity index is 1090. The Balaban J connectivity index is 1.52. The molecule has 1 saturated carbocycles. The van der Waals surface area contributed by atoms with Crippen LogP contribution >= 0.6 is 0 Å². The van der Waals surface area contributed by atoms with Crippen LogP contribution in [-0.4, -0.2) is 68.8 Å². The van der Waals surface area contributed by atoms with Gasteiger partial charge in [-0.05, 0) is 62.1 Å². The molecule has 38 heavy (non-hydrogen) atoms. The largest absolute Gasteiger partial charge is 0.357 e. The highest BCUT2D eigenvalue weighted by molar-refractivity contribution is 7.90. The van der Waals surface area contributed by atoms with Gasteiger partial charge in [-0.2, -0.15) is 4.72 Å². The second kappa shape index (κ2) is 11.5. The number of sulfonamides is 1. The van der Waals surface area contributed by atoms with Crippen LogP contribution < -0.4 is 20.7 Å². The van der Waals surface area contributed by atoms with E-state index in [0.717, 1.165) is 19.3 Å². The first-order valence-corrected chi connectivity index (χ1v) is 15.9. The van der Waals surface area contributed by atoms with E-state index >= 15 is 0 Å². The molecule has 0 aromatic heterocycles. The predicted octanol–water partition coefficient (Wildman–Crippen LogP) is 2.26. The smallest absolute Gasteiger partial charge is 0.225 e. The van der Waals surface area contributed by atoms with E-state index < -0.39 is 21.6 Å². The highest BCUT2D eigenvalue weighted by Gasteiger charge is 2.42. The van der Waals surface area contributed by atoms with Gasteiger partial charge < -0.3 is 15.0 Å². The Kier molecular flexibility index (Phi) is 8.47. The van der Waals surface area contributed by atoms with Crippen LogP contribution in [0.4, 0.5) is 0 Å². The Morgan fingerprint density at radius 2 is 1.87 bits per heavy atom. The molecule has 10 heteroatoms. The van der Waals surface area contributed by atoms with Crippen molar-refractivity contribution in [1.29, 1.82) is 0 Å². The molecule has 6 bridgehead atoms. The number of benzene rings is 1. The fourth-order valence-corrected chi connectivity index (χ4v) is 8.56. The van der Waals surface area contributed by atoms with Gasteiger partial charge in [-0.3, -0.25) is 15.4 Å². The Morgan fingerprint density at radius 3 is 2.61 bits per heavy atom. The van der Waals surface area contributed by atoms with Gasteiger partial charge in [0.25, 0.3) is 0 Å². The number of rotatable bonds is 3. The molecular formula is C28H45N5O4S. The maximum Gasteiger partial charge on any atom is 0.225 e. The maximum absolute atomic E-state index is 13.7. The van der Waals surface area contributed by atoms with E-state index in [1.54, 1.807) is 0 Å². The molecule has 5 rings (SSSR count). The van der Waals surface area contributed by atoms with Gasteiger partial charge in [-0.25, -0.2) is 8.42 Å². The number of amides is 1. The van der Waals surface area contributed by atoms with Crippen molar-refractivity contribution in [1.82, 2.24) is 25.6 Å². The van der Waals surface area contributed by atoms with E-state index in [0.29, 0.717) is 44.8 Å². The molecule has 3 saturated heterocycles. The van der Waals surface area contributed by atoms with Crippen molar-refractivity contribution in [3.8, 4) is 0 Å². The summed E-state index contributed by atoms with van der Waals surface area (Å²) in [5.41, 5.74) is 3.52. The van der Waals surface area contributed by atoms with Crippen molar-refractivity contribution < 1.29 is 17.9 Å². The molecule has 4 aliphatic rings. The molecule has 4 fully saturated rings. The molecular weight excluding hydrogens is 502 g/mol. The Labute approximate surface area is 227 Å². The van der Waals surface area contributed by atoms with Crippen LogP contribution in [0.3, 0.4) is 0 Å². The first kappa shape index (κ1) is 28.0. The van der Waals surface area contributed by atoms with Gasteiger partial charge >= 0.3 is 0 Å². The third-order valence-electron chi connectivity index (χ3n) is 8.77. The molecule has 1 amide bonds. The average Bonchev–Trinajstić information content (AvgIpc) is 3.04. The second-order valence-corrected chi connectivity index (χ2v) is 14.1. The summed E-state index contributed by atoms with van der Waals surface area (Å²) >= 11 is 0. The van der Waals surface area contributed by atoms with Crippen molar-refractivity contribution in [2.24, 2.45) is 11.8 Å². The number of nitrogens with zero attached hydrogens (tertiary/aromatic N) is 1. The summed E-state index contributed by atoms with van der Waals surface area (Å²) in [6, 6.07) is 6.28. The fourth-order valence-electron chi connectivity index (χ4n) is 6.94. The first-order chi connectivity index (χ1) is 18.1. The van der Waals surface area contributed by atoms with Crippen molar-refractivity contribution in [2.75, 3.05) is 19.6 Å². The molecule has 5 unspecified atom stereocenters. The van der Waals surface area contributed by atoms with Gasteiger partial charge in [0.05, 0.1) is 11.4 Å². The summed E-state index contributed by atoms with van der Waals surface area (Å²) < 4.78 is 36.9. The average molecular weight is 548 g/mol. The van der Waals surface area contributed by atoms with E-state index in [-0.39, 0.29) is 36.2 Å². The molecule has 0 radical (unpaired) electrons. The van der Waals surface area contributed by atoms with E-state index in [9.17, 15) is 13.2 Å². The standard InChI is InChI=1S/C28H45N5O4S/c1-17(2)13-22-24-16-33(12-11-29-22)27(34)20-9-6-10-21(14-20)38(35,36)32-28-30-23(15-25(31-28)37-24)26-18(3)7-5-8-19(26)4/h5,7-8,17,20-25,28-32H,6,9-16H2,1-4H3/t20?,21?,22-,23?,24-,25?,28?/m0/s1. The van der Waals surface area contributed by atoms with E-state index in [4.69, 9.17) is 4.74 Å². The van der Waals surface area contributed by atoms with Crippen molar-refractivity contribution in [3.05, 3.63) is 34.9 Å². The summed E-state index contributed by atoms with van der Waals surface area (Å²) in [4.78, 5) is 15.6. The number of carbonyl (C=O) groups excluding carboxylic acids is 1. The predicted molar refractivity (Wildman–Crippen MR) is 148 cm³/mol. The van der Waals surface area contributed by atoms with Gasteiger partial charge in [-0.1, -0.05) is 38.5 Å². The van der Waals surface area contributed by atoms with Gasteiger partial charge in [0.15, 0.2) is 0 Å². The molecule has 9 nitrogen and oxygen atoms in total. The normalized spacial score (nSPS) is 36.1. The number of hydrogen-bond donors (Lipinski definition) is 4. The van der Waals surface area contributed by atoms with Crippen molar-refractivity contribution in [2.45, 2.75) is 102 Å². The number of carbonyl (C=O) groups is 1. The minimum atomic E-state index is -3.66. The molecule has 1 aromatic rings. The lowest BCUT2D eigenvalue weighted by Gasteiger charge is -2.41. The summed E-state index contributed by atoms with van der Waals surface area (Å²) in [6.07, 6.45) is 2.77. The molecule has 0 spiro atoms. The van der Waals surface area contributed by atoms with Gasteiger partial charge in [-0.15, -0.1) is 0 Å². The molecule has 212 valence electrons. The Hall–Kier alpha value is -1.56. The monoisotopic (exact) mass is 547 g/mol. The number of ether oxygens (including phenoxy) is 1. The van der Waals surface area contributed by atoms with Crippen molar-refractivity contribution in [3.63, 3.8) is 0 Å². The summed E-state index contributed by atoms with van der Waals surface area (Å²) in [5, 5.41) is 10.0. The van der Waals surface area contributed by atoms with Crippen molar-refractivity contribution >= 4 is 15.9 Å². The van der Waals surface area contributed by atoms with Gasteiger partial charge in [0.1, 0.15) is 12.5 Å². The molecule has 3 aliphatic heterocycles. The lowest BCUT2D eigenvalue weighted by atomic mass is 9.87. The zero-order valence-electron chi connectivity index (χ0n) is 23.2. The van der Waals surface area contributed by atoms with Crippen LogP contribution in [0.15, 0.2) is 18.2 Å². The van der Waals surface area contributed by atoms with Gasteiger partial charge in [0, 0.05) is 44.1 Å². The highest BCUT2D eigenvalue weighted by Crippen LogP contribution is 2.33. The third-order valence-corrected chi connectivity index (χ3v) is 10.6. The van der Waals surface area contributed by atoms with E-state index in [1.807, 2.05) is 4.90 Å². The molecule has 7 atom stereocenters. The van der Waals surface area contributed by atoms with E-state index in [1.165, 1.54) is 16.7 Å². The first-order valence-electron chi connectivity index (χ1n) is 14.4. The number of aryl methyl sites for hydroxylation is 2. The van der Waals surface area contributed by atoms with Gasteiger partial charge in [0.2, 0.25) is 15.9 Å². The number of fused-ring (bicyclic) bond motifs is 6.